The molecule has 2 aromatic rings. The smallest absolute Gasteiger partial charge is 0.251 e. The molecule has 1 aromatic carbocycles. The molecule has 0 saturated carbocycles. The highest BCUT2D eigenvalue weighted by molar-refractivity contribution is 7.84. The van der Waals surface area contributed by atoms with Gasteiger partial charge in [-0.2, -0.15) is 13.2 Å². The second-order valence-electron chi connectivity index (χ2n) is 6.67. The molecule has 0 amide bonds. The van der Waals surface area contributed by atoms with Gasteiger partial charge in [0.05, 0.1) is 21.8 Å². The number of nitrogens with one attached hydrogen (secondary N) is 1. The van der Waals surface area contributed by atoms with Crippen LogP contribution in [-0.2, 0) is 17.2 Å². The fourth-order valence-corrected chi connectivity index (χ4v) is 3.11. The fraction of sp³-hybridized carbons (Fsp3) is 0.353. The molecule has 1 heterocycles. The van der Waals surface area contributed by atoms with Gasteiger partial charge in [0.2, 0.25) is 0 Å². The predicted molar refractivity (Wildman–Crippen MR) is 93.5 cm³/mol. The Kier molecular flexibility index (Phi) is 6.28. The SMILES string of the molecule is CC(C)(C)[S@@](=O)NC(c1ccc(C(F)(F)F)nc1)c1ccc(F)c(Cl)c1F. The predicted octanol–water partition coefficient (Wildman–Crippen LogP) is 5.17. The van der Waals surface area contributed by atoms with Gasteiger partial charge in [-0.05, 0) is 38.5 Å². The van der Waals surface area contributed by atoms with Crippen molar-refractivity contribution in [3.63, 3.8) is 0 Å². The minimum atomic E-state index is -4.64. The Morgan fingerprint density at radius 3 is 2.22 bits per heavy atom. The summed E-state index contributed by atoms with van der Waals surface area (Å²) in [6.45, 7) is 4.98. The third kappa shape index (κ3) is 5.03. The van der Waals surface area contributed by atoms with E-state index in [0.29, 0.717) is 0 Å². The van der Waals surface area contributed by atoms with E-state index in [1.807, 2.05) is 0 Å². The van der Waals surface area contributed by atoms with Crippen molar-refractivity contribution in [3.8, 4) is 0 Å². The van der Waals surface area contributed by atoms with Crippen LogP contribution in [0.5, 0.6) is 0 Å². The standard InChI is InChI=1S/C17H16ClF5N2OS/c1-16(2,3)27(26)25-15(10-5-6-11(19)13(18)14(10)20)9-4-7-12(24-8-9)17(21,22)23/h4-8,15,25H,1-3H3/t15?,27-/m1/s1. The quantitative estimate of drug-likeness (QED) is 0.541. The lowest BCUT2D eigenvalue weighted by Crippen LogP contribution is -2.36. The van der Waals surface area contributed by atoms with Crippen molar-refractivity contribution >= 4 is 22.6 Å². The number of hydrogen-bond donors (Lipinski definition) is 1. The topological polar surface area (TPSA) is 42.0 Å². The summed E-state index contributed by atoms with van der Waals surface area (Å²) < 4.78 is 80.5. The second kappa shape index (κ2) is 7.81. The molecule has 1 unspecified atom stereocenters. The molecule has 0 spiro atoms. The third-order valence-electron chi connectivity index (χ3n) is 3.57. The van der Waals surface area contributed by atoms with E-state index in [1.165, 1.54) is 0 Å². The van der Waals surface area contributed by atoms with Crippen LogP contribution >= 0.6 is 11.6 Å². The zero-order chi connectivity index (χ0) is 20.6. The first-order valence-corrected chi connectivity index (χ1v) is 9.19. The van der Waals surface area contributed by atoms with Gasteiger partial charge in [0.25, 0.3) is 0 Å². The molecule has 27 heavy (non-hydrogen) atoms. The van der Waals surface area contributed by atoms with Crippen molar-refractivity contribution in [2.24, 2.45) is 0 Å². The summed E-state index contributed by atoms with van der Waals surface area (Å²) >= 11 is 5.61. The Balaban J connectivity index is 2.54. The Hall–Kier alpha value is -1.58. The summed E-state index contributed by atoms with van der Waals surface area (Å²) in [7, 11) is -1.71. The molecule has 0 bridgehead atoms. The highest BCUT2D eigenvalue weighted by Crippen LogP contribution is 2.33. The zero-order valence-corrected chi connectivity index (χ0v) is 16.1. The number of pyridine rings is 1. The maximum absolute atomic E-state index is 14.5. The Bertz CT molecular complexity index is 850. The van der Waals surface area contributed by atoms with Crippen LogP contribution in [0.3, 0.4) is 0 Å². The Morgan fingerprint density at radius 1 is 1.11 bits per heavy atom. The zero-order valence-electron chi connectivity index (χ0n) is 14.5. The van der Waals surface area contributed by atoms with Gasteiger partial charge in [-0.25, -0.2) is 17.7 Å². The van der Waals surface area contributed by atoms with Crippen LogP contribution in [0.25, 0.3) is 0 Å². The number of alkyl halides is 3. The van der Waals surface area contributed by atoms with Crippen molar-refractivity contribution in [2.75, 3.05) is 0 Å². The van der Waals surface area contributed by atoms with Gasteiger partial charge in [-0.3, -0.25) is 4.98 Å². The molecule has 1 N–H and O–H groups in total. The van der Waals surface area contributed by atoms with E-state index >= 15 is 0 Å². The Morgan fingerprint density at radius 2 is 1.74 bits per heavy atom. The average molecular weight is 427 g/mol. The first-order chi connectivity index (χ1) is 12.3. The molecule has 10 heteroatoms. The van der Waals surface area contributed by atoms with E-state index in [2.05, 4.69) is 9.71 Å². The summed E-state index contributed by atoms with van der Waals surface area (Å²) in [5.41, 5.74) is -1.18. The molecule has 0 saturated heterocycles. The van der Waals surface area contributed by atoms with E-state index in [4.69, 9.17) is 11.6 Å². The van der Waals surface area contributed by atoms with Crippen molar-refractivity contribution in [3.05, 3.63) is 63.9 Å². The van der Waals surface area contributed by atoms with Gasteiger partial charge in [0.15, 0.2) is 0 Å². The van der Waals surface area contributed by atoms with E-state index in [0.717, 1.165) is 30.5 Å². The number of rotatable bonds is 4. The molecule has 148 valence electrons. The number of aromatic nitrogens is 1. The normalized spacial score (nSPS) is 14.9. The molecule has 0 fully saturated rings. The first kappa shape index (κ1) is 21.7. The monoisotopic (exact) mass is 426 g/mol. The molecular weight excluding hydrogens is 411 g/mol. The summed E-state index contributed by atoms with van der Waals surface area (Å²) in [4.78, 5) is 3.34. The number of nitrogens with zero attached hydrogens (tertiary/aromatic N) is 1. The molecule has 0 aliphatic heterocycles. The molecule has 0 aliphatic rings. The molecule has 2 rings (SSSR count). The molecule has 0 aliphatic carbocycles. The second-order valence-corrected chi connectivity index (χ2v) is 9.05. The highest BCUT2D eigenvalue weighted by atomic mass is 35.5. The van der Waals surface area contributed by atoms with Gasteiger partial charge in [0, 0.05) is 11.8 Å². The van der Waals surface area contributed by atoms with Crippen LogP contribution in [0.1, 0.15) is 43.6 Å². The summed E-state index contributed by atoms with van der Waals surface area (Å²) in [5, 5.41) is -0.763. The third-order valence-corrected chi connectivity index (χ3v) is 5.48. The van der Waals surface area contributed by atoms with Crippen molar-refractivity contribution < 1.29 is 26.2 Å². The van der Waals surface area contributed by atoms with E-state index in [-0.39, 0.29) is 11.1 Å². The van der Waals surface area contributed by atoms with E-state index in [1.54, 1.807) is 20.8 Å². The van der Waals surface area contributed by atoms with Crippen LogP contribution in [0.4, 0.5) is 22.0 Å². The first-order valence-electron chi connectivity index (χ1n) is 7.67. The summed E-state index contributed by atoms with van der Waals surface area (Å²) in [6.07, 6.45) is -3.74. The lowest BCUT2D eigenvalue weighted by molar-refractivity contribution is -0.141. The van der Waals surface area contributed by atoms with Gasteiger partial charge >= 0.3 is 6.18 Å². The van der Waals surface area contributed by atoms with Gasteiger partial charge in [0.1, 0.15) is 22.4 Å². The minimum absolute atomic E-state index is 0.113. The molecule has 0 radical (unpaired) electrons. The fourth-order valence-electron chi connectivity index (χ4n) is 2.10. The van der Waals surface area contributed by atoms with Crippen LogP contribution in [0, 0.1) is 11.6 Å². The minimum Gasteiger partial charge on any atom is -0.251 e. The molecule has 2 atom stereocenters. The molecular formula is C17H16ClF5N2OS. The van der Waals surface area contributed by atoms with Crippen molar-refractivity contribution in [2.45, 2.75) is 37.7 Å². The van der Waals surface area contributed by atoms with Crippen molar-refractivity contribution in [1.29, 1.82) is 0 Å². The molecule has 3 nitrogen and oxygen atoms in total. The maximum Gasteiger partial charge on any atom is 0.433 e. The van der Waals surface area contributed by atoms with Gasteiger partial charge in [-0.1, -0.05) is 23.7 Å². The van der Waals surface area contributed by atoms with E-state index < -0.39 is 50.3 Å². The molecule has 1 aromatic heterocycles. The van der Waals surface area contributed by atoms with Crippen LogP contribution in [0.2, 0.25) is 5.02 Å². The van der Waals surface area contributed by atoms with E-state index in [9.17, 15) is 26.2 Å². The summed E-state index contributed by atoms with van der Waals surface area (Å²) in [5.74, 6) is -2.08. The van der Waals surface area contributed by atoms with Crippen molar-refractivity contribution in [1.82, 2.24) is 9.71 Å². The Labute approximate surface area is 160 Å². The highest BCUT2D eigenvalue weighted by Gasteiger charge is 2.33. The van der Waals surface area contributed by atoms with Gasteiger partial charge in [-0.15, -0.1) is 0 Å². The largest absolute Gasteiger partial charge is 0.433 e. The lowest BCUT2D eigenvalue weighted by Gasteiger charge is -2.25. The number of hydrogen-bond acceptors (Lipinski definition) is 2. The van der Waals surface area contributed by atoms with Crippen LogP contribution in [-0.4, -0.2) is 13.9 Å². The average Bonchev–Trinajstić information content (AvgIpc) is 2.56. The number of benzene rings is 1. The van der Waals surface area contributed by atoms with Gasteiger partial charge < -0.3 is 0 Å². The van der Waals surface area contributed by atoms with Crippen LogP contribution in [0.15, 0.2) is 30.5 Å². The number of halogens is 6. The lowest BCUT2D eigenvalue weighted by atomic mass is 10.00. The van der Waals surface area contributed by atoms with Crippen LogP contribution < -0.4 is 4.72 Å². The summed E-state index contributed by atoms with van der Waals surface area (Å²) in [6, 6.07) is 2.67. The maximum atomic E-state index is 14.5.